The van der Waals surface area contributed by atoms with Crippen molar-refractivity contribution in [2.75, 3.05) is 11.9 Å². The summed E-state index contributed by atoms with van der Waals surface area (Å²) < 4.78 is 0. The zero-order chi connectivity index (χ0) is 13.8. The molecule has 1 fully saturated rings. The fraction of sp³-hybridized carbons (Fsp3) is 0.235. The lowest BCUT2D eigenvalue weighted by atomic mass is 10.0. The van der Waals surface area contributed by atoms with E-state index in [-0.39, 0.29) is 0 Å². The molecule has 0 aromatic heterocycles. The summed E-state index contributed by atoms with van der Waals surface area (Å²) in [6.07, 6.45) is 2.66. The van der Waals surface area contributed by atoms with Crippen molar-refractivity contribution in [3.63, 3.8) is 0 Å². The van der Waals surface area contributed by atoms with Crippen LogP contribution in [0.5, 0.6) is 0 Å². The lowest BCUT2D eigenvalue weighted by Gasteiger charge is -2.14. The van der Waals surface area contributed by atoms with Gasteiger partial charge in [-0.05, 0) is 42.6 Å². The summed E-state index contributed by atoms with van der Waals surface area (Å²) in [5, 5.41) is 7.31. The van der Waals surface area contributed by atoms with E-state index in [0.717, 1.165) is 18.2 Å². The van der Waals surface area contributed by atoms with Crippen molar-refractivity contribution in [1.29, 1.82) is 0 Å². The second-order valence-electron chi connectivity index (χ2n) is 5.19. The minimum absolute atomic E-state index is 0.709. The zero-order valence-corrected chi connectivity index (χ0v) is 12.1. The average Bonchev–Trinajstić information content (AvgIpc) is 3.31. The number of anilines is 1. The Morgan fingerprint density at radius 2 is 1.70 bits per heavy atom. The Labute approximate surface area is 125 Å². The van der Waals surface area contributed by atoms with Gasteiger partial charge in [0.05, 0.1) is 0 Å². The van der Waals surface area contributed by atoms with E-state index in [2.05, 4.69) is 47.0 Å². The molecule has 3 heteroatoms. The molecular formula is C17H18N2S. The van der Waals surface area contributed by atoms with Crippen LogP contribution < -0.4 is 10.6 Å². The van der Waals surface area contributed by atoms with Crippen LogP contribution in [0.2, 0.25) is 0 Å². The molecule has 1 aliphatic rings. The molecule has 2 N–H and O–H groups in total. The summed E-state index contributed by atoms with van der Waals surface area (Å²) in [4.78, 5) is 0. The van der Waals surface area contributed by atoms with E-state index in [4.69, 9.17) is 12.2 Å². The molecule has 0 bridgehead atoms. The van der Waals surface area contributed by atoms with E-state index in [1.54, 1.807) is 0 Å². The van der Waals surface area contributed by atoms with Crippen LogP contribution in [0.25, 0.3) is 11.1 Å². The van der Waals surface area contributed by atoms with Gasteiger partial charge < -0.3 is 10.6 Å². The standard InChI is InChI=1S/C17H18N2S/c20-17(18-12-13-10-11-13)19-16-9-5-4-8-15(16)14-6-2-1-3-7-14/h1-9,13H,10-12H2,(H2,18,19,20). The van der Waals surface area contributed by atoms with Gasteiger partial charge in [0.15, 0.2) is 5.11 Å². The first-order valence-corrected chi connectivity index (χ1v) is 7.43. The number of thiocarbonyl (C=S) groups is 1. The minimum Gasteiger partial charge on any atom is -0.362 e. The van der Waals surface area contributed by atoms with Crippen LogP contribution in [-0.4, -0.2) is 11.7 Å². The average molecular weight is 282 g/mol. The van der Waals surface area contributed by atoms with E-state index in [1.165, 1.54) is 24.0 Å². The molecule has 1 aliphatic carbocycles. The lowest BCUT2D eigenvalue weighted by molar-refractivity contribution is 0.777. The SMILES string of the molecule is S=C(NCC1CC1)Nc1ccccc1-c1ccccc1. The monoisotopic (exact) mass is 282 g/mol. The fourth-order valence-electron chi connectivity index (χ4n) is 2.19. The smallest absolute Gasteiger partial charge is 0.170 e. The van der Waals surface area contributed by atoms with Gasteiger partial charge in [0, 0.05) is 17.8 Å². The van der Waals surface area contributed by atoms with E-state index in [9.17, 15) is 0 Å². The van der Waals surface area contributed by atoms with Crippen LogP contribution in [0.15, 0.2) is 54.6 Å². The molecule has 0 atom stereocenters. The van der Waals surface area contributed by atoms with E-state index < -0.39 is 0 Å². The van der Waals surface area contributed by atoms with Gasteiger partial charge in [-0.3, -0.25) is 0 Å². The molecule has 1 saturated carbocycles. The van der Waals surface area contributed by atoms with Crippen LogP contribution >= 0.6 is 12.2 Å². The van der Waals surface area contributed by atoms with Crippen molar-refractivity contribution in [3.05, 3.63) is 54.6 Å². The molecule has 0 heterocycles. The zero-order valence-electron chi connectivity index (χ0n) is 11.3. The molecule has 20 heavy (non-hydrogen) atoms. The summed E-state index contributed by atoms with van der Waals surface area (Å²) in [5.74, 6) is 0.819. The molecule has 2 aromatic rings. The molecule has 102 valence electrons. The first-order chi connectivity index (χ1) is 9.83. The van der Waals surface area contributed by atoms with Gasteiger partial charge in [-0.2, -0.15) is 0 Å². The Bertz CT molecular complexity index is 591. The molecule has 0 radical (unpaired) electrons. The van der Waals surface area contributed by atoms with Gasteiger partial charge >= 0.3 is 0 Å². The molecular weight excluding hydrogens is 264 g/mol. The van der Waals surface area contributed by atoms with Crippen molar-refractivity contribution < 1.29 is 0 Å². The number of hydrogen-bond acceptors (Lipinski definition) is 1. The minimum atomic E-state index is 0.709. The number of nitrogens with one attached hydrogen (secondary N) is 2. The normalized spacial score (nSPS) is 13.8. The molecule has 0 amide bonds. The second kappa shape index (κ2) is 6.06. The van der Waals surface area contributed by atoms with E-state index in [1.807, 2.05) is 18.2 Å². The largest absolute Gasteiger partial charge is 0.362 e. The van der Waals surface area contributed by atoms with Gasteiger partial charge in [-0.15, -0.1) is 0 Å². The summed E-state index contributed by atoms with van der Waals surface area (Å²) in [6.45, 7) is 0.985. The second-order valence-corrected chi connectivity index (χ2v) is 5.60. The topological polar surface area (TPSA) is 24.1 Å². The van der Waals surface area contributed by atoms with Crippen molar-refractivity contribution >= 4 is 23.0 Å². The fourth-order valence-corrected chi connectivity index (χ4v) is 2.38. The van der Waals surface area contributed by atoms with Gasteiger partial charge in [-0.1, -0.05) is 48.5 Å². The highest BCUT2D eigenvalue weighted by Gasteiger charge is 2.20. The van der Waals surface area contributed by atoms with E-state index >= 15 is 0 Å². The van der Waals surface area contributed by atoms with Gasteiger partial charge in [-0.25, -0.2) is 0 Å². The van der Waals surface area contributed by atoms with Crippen molar-refractivity contribution in [2.45, 2.75) is 12.8 Å². The molecule has 2 nitrogen and oxygen atoms in total. The Balaban J connectivity index is 1.74. The Morgan fingerprint density at radius 3 is 2.45 bits per heavy atom. The third-order valence-electron chi connectivity index (χ3n) is 3.51. The Kier molecular flexibility index (Phi) is 3.97. The number of rotatable bonds is 4. The maximum Gasteiger partial charge on any atom is 0.170 e. The maximum absolute atomic E-state index is 5.37. The molecule has 0 spiro atoms. The molecule has 0 unspecified atom stereocenters. The highest BCUT2D eigenvalue weighted by Crippen LogP contribution is 2.28. The summed E-state index contributed by atoms with van der Waals surface area (Å²) in [6, 6.07) is 18.6. The maximum atomic E-state index is 5.37. The summed E-state index contributed by atoms with van der Waals surface area (Å²) in [5.41, 5.74) is 3.41. The van der Waals surface area contributed by atoms with Gasteiger partial charge in [0.25, 0.3) is 0 Å². The molecule has 0 aliphatic heterocycles. The summed E-state index contributed by atoms with van der Waals surface area (Å²) >= 11 is 5.37. The van der Waals surface area contributed by atoms with Crippen LogP contribution in [0.1, 0.15) is 12.8 Å². The van der Waals surface area contributed by atoms with Crippen molar-refractivity contribution in [1.82, 2.24) is 5.32 Å². The van der Waals surface area contributed by atoms with Crippen LogP contribution in [0.4, 0.5) is 5.69 Å². The Morgan fingerprint density at radius 1 is 1.00 bits per heavy atom. The van der Waals surface area contributed by atoms with E-state index in [0.29, 0.717) is 5.11 Å². The number of para-hydroxylation sites is 1. The first-order valence-electron chi connectivity index (χ1n) is 7.02. The first kappa shape index (κ1) is 13.1. The number of benzene rings is 2. The highest BCUT2D eigenvalue weighted by atomic mass is 32.1. The molecule has 3 rings (SSSR count). The quantitative estimate of drug-likeness (QED) is 0.827. The number of hydrogen-bond donors (Lipinski definition) is 2. The van der Waals surface area contributed by atoms with Crippen LogP contribution in [0, 0.1) is 5.92 Å². The van der Waals surface area contributed by atoms with Crippen LogP contribution in [0.3, 0.4) is 0 Å². The Hall–Kier alpha value is -1.87. The van der Waals surface area contributed by atoms with Gasteiger partial charge in [0.2, 0.25) is 0 Å². The van der Waals surface area contributed by atoms with Crippen LogP contribution in [-0.2, 0) is 0 Å². The highest BCUT2D eigenvalue weighted by molar-refractivity contribution is 7.80. The van der Waals surface area contributed by atoms with Crippen molar-refractivity contribution in [2.24, 2.45) is 5.92 Å². The lowest BCUT2D eigenvalue weighted by Crippen LogP contribution is -2.30. The summed E-state index contributed by atoms with van der Waals surface area (Å²) in [7, 11) is 0. The van der Waals surface area contributed by atoms with Crippen molar-refractivity contribution in [3.8, 4) is 11.1 Å². The third kappa shape index (κ3) is 3.36. The molecule has 0 saturated heterocycles. The predicted octanol–water partition coefficient (Wildman–Crippen LogP) is 4.05. The van der Waals surface area contributed by atoms with Gasteiger partial charge in [0.1, 0.15) is 0 Å². The predicted molar refractivity (Wildman–Crippen MR) is 88.8 cm³/mol. The third-order valence-corrected chi connectivity index (χ3v) is 3.75. The molecule has 2 aromatic carbocycles.